The van der Waals surface area contributed by atoms with Crippen molar-refractivity contribution in [1.82, 2.24) is 15.1 Å². The average molecular weight is 633 g/mol. The standard InChI is InChI=1S/C28H35F6N3O2.2ClH/c1-4-39-12-8-35-7-9-36-10-11-37(25(18-36)14-21-6-5-19(2)20(3)13-21)26(38)22-15-23(27(29,30)31)17-24(16-22)28(32,33)34;;/h5-6,13,15-17,25,35H,4,7-12,14,18H2,1-3H3;2*1H/t25-;;/m1../s1. The first kappa shape index (κ1) is 37.0. The van der Waals surface area contributed by atoms with Gasteiger partial charge in [0.15, 0.2) is 0 Å². The third-order valence-corrected chi connectivity index (χ3v) is 6.94. The van der Waals surface area contributed by atoms with E-state index in [2.05, 4.69) is 10.2 Å². The first-order valence-corrected chi connectivity index (χ1v) is 13.0. The maximum atomic E-state index is 13.5. The fraction of sp³-hybridized carbons (Fsp3) is 0.536. The molecule has 0 aliphatic carbocycles. The molecule has 1 amide bonds. The van der Waals surface area contributed by atoms with Crippen LogP contribution in [0.1, 0.15) is 45.1 Å². The number of hydrogen-bond donors (Lipinski definition) is 1. The summed E-state index contributed by atoms with van der Waals surface area (Å²) in [5.74, 6) is -0.838. The Hall–Kier alpha value is -2.05. The second-order valence-electron chi connectivity index (χ2n) is 9.82. The number of benzene rings is 2. The minimum absolute atomic E-state index is 0. The van der Waals surface area contributed by atoms with Gasteiger partial charge in [0, 0.05) is 57.5 Å². The second-order valence-corrected chi connectivity index (χ2v) is 9.82. The van der Waals surface area contributed by atoms with Gasteiger partial charge in [0.25, 0.3) is 5.91 Å². The molecule has 1 N–H and O–H groups in total. The molecule has 41 heavy (non-hydrogen) atoms. The molecule has 13 heteroatoms. The lowest BCUT2D eigenvalue weighted by molar-refractivity contribution is -0.143. The average Bonchev–Trinajstić information content (AvgIpc) is 2.87. The van der Waals surface area contributed by atoms with Crippen LogP contribution >= 0.6 is 24.8 Å². The summed E-state index contributed by atoms with van der Waals surface area (Å²) in [5, 5.41) is 3.29. The van der Waals surface area contributed by atoms with Gasteiger partial charge in [-0.25, -0.2) is 0 Å². The first-order valence-electron chi connectivity index (χ1n) is 13.0. The number of piperazine rings is 1. The van der Waals surface area contributed by atoms with Gasteiger partial charge in [0.05, 0.1) is 17.7 Å². The highest BCUT2D eigenvalue weighted by molar-refractivity contribution is 5.95. The lowest BCUT2D eigenvalue weighted by Crippen LogP contribution is -2.56. The molecule has 0 unspecified atom stereocenters. The number of carbonyl (C=O) groups is 1. The molecule has 1 fully saturated rings. The van der Waals surface area contributed by atoms with Gasteiger partial charge in [0.1, 0.15) is 0 Å². The lowest BCUT2D eigenvalue weighted by atomic mass is 9.97. The van der Waals surface area contributed by atoms with Crippen LogP contribution in [0.25, 0.3) is 0 Å². The van der Waals surface area contributed by atoms with E-state index in [0.717, 1.165) is 16.7 Å². The zero-order valence-electron chi connectivity index (χ0n) is 23.2. The number of aryl methyl sites for hydroxylation is 2. The van der Waals surface area contributed by atoms with Crippen LogP contribution in [0.2, 0.25) is 0 Å². The van der Waals surface area contributed by atoms with Crippen LogP contribution in [-0.2, 0) is 23.5 Å². The number of rotatable bonds is 10. The van der Waals surface area contributed by atoms with Crippen LogP contribution < -0.4 is 5.32 Å². The number of amides is 1. The topological polar surface area (TPSA) is 44.8 Å². The van der Waals surface area contributed by atoms with Crippen LogP contribution in [-0.4, -0.2) is 74.2 Å². The van der Waals surface area contributed by atoms with Gasteiger partial charge in [-0.05, 0) is 62.1 Å². The smallest absolute Gasteiger partial charge is 0.380 e. The lowest BCUT2D eigenvalue weighted by Gasteiger charge is -2.42. The Morgan fingerprint density at radius 2 is 1.56 bits per heavy atom. The van der Waals surface area contributed by atoms with Crippen LogP contribution in [0.3, 0.4) is 0 Å². The van der Waals surface area contributed by atoms with Crippen molar-refractivity contribution in [2.45, 2.75) is 45.6 Å². The molecule has 1 aliphatic rings. The van der Waals surface area contributed by atoms with E-state index in [9.17, 15) is 31.1 Å². The van der Waals surface area contributed by atoms with E-state index in [1.165, 1.54) is 4.90 Å². The van der Waals surface area contributed by atoms with Crippen molar-refractivity contribution in [1.29, 1.82) is 0 Å². The van der Waals surface area contributed by atoms with Crippen molar-refractivity contribution in [2.75, 3.05) is 52.5 Å². The predicted octanol–water partition coefficient (Wildman–Crippen LogP) is 6.18. The molecule has 3 rings (SSSR count). The van der Waals surface area contributed by atoms with Gasteiger partial charge in [0.2, 0.25) is 0 Å². The van der Waals surface area contributed by atoms with E-state index < -0.39 is 41.0 Å². The molecule has 0 saturated carbocycles. The molecule has 1 heterocycles. The Kier molecular flexibility index (Phi) is 14.4. The van der Waals surface area contributed by atoms with E-state index >= 15 is 0 Å². The van der Waals surface area contributed by atoms with Gasteiger partial charge < -0.3 is 15.0 Å². The number of alkyl halides is 6. The van der Waals surface area contributed by atoms with Gasteiger partial charge >= 0.3 is 12.4 Å². The van der Waals surface area contributed by atoms with Crippen molar-refractivity contribution in [3.05, 3.63) is 69.8 Å². The van der Waals surface area contributed by atoms with Crippen molar-refractivity contribution in [3.8, 4) is 0 Å². The molecule has 2 aromatic carbocycles. The summed E-state index contributed by atoms with van der Waals surface area (Å²) in [6, 6.07) is 6.53. The molecule has 232 valence electrons. The van der Waals surface area contributed by atoms with Gasteiger partial charge in [-0.1, -0.05) is 18.2 Å². The summed E-state index contributed by atoms with van der Waals surface area (Å²) in [6.45, 7) is 10.2. The number of carbonyl (C=O) groups excluding carboxylic acids is 1. The molecule has 1 saturated heterocycles. The highest BCUT2D eigenvalue weighted by atomic mass is 35.5. The monoisotopic (exact) mass is 631 g/mol. The molecular weight excluding hydrogens is 595 g/mol. The Morgan fingerprint density at radius 3 is 2.12 bits per heavy atom. The molecule has 2 aromatic rings. The summed E-state index contributed by atoms with van der Waals surface area (Å²) >= 11 is 0. The summed E-state index contributed by atoms with van der Waals surface area (Å²) in [5.41, 5.74) is -0.514. The third kappa shape index (κ3) is 10.6. The van der Waals surface area contributed by atoms with Crippen LogP contribution in [0.5, 0.6) is 0 Å². The number of hydrogen-bond acceptors (Lipinski definition) is 4. The SMILES string of the molecule is CCOCCNCCN1CCN(C(=O)c2cc(C(F)(F)F)cc(C(F)(F)F)c2)[C@H](Cc2ccc(C)c(C)c2)C1.Cl.Cl. The maximum absolute atomic E-state index is 13.5. The Bertz CT molecular complexity index is 1100. The van der Waals surface area contributed by atoms with E-state index in [4.69, 9.17) is 4.74 Å². The minimum atomic E-state index is -5.02. The Balaban J connectivity index is 0.00000420. The second kappa shape index (κ2) is 16.0. The highest BCUT2D eigenvalue weighted by Crippen LogP contribution is 2.37. The summed E-state index contributed by atoms with van der Waals surface area (Å²) < 4.78 is 85.9. The molecule has 0 radical (unpaired) electrons. The molecular formula is C28H37Cl2F6N3O2. The summed E-state index contributed by atoms with van der Waals surface area (Å²) in [4.78, 5) is 17.1. The Labute approximate surface area is 249 Å². The normalized spacial score (nSPS) is 16.2. The minimum Gasteiger partial charge on any atom is -0.380 e. The van der Waals surface area contributed by atoms with Gasteiger partial charge in [-0.2, -0.15) is 26.3 Å². The van der Waals surface area contributed by atoms with E-state index in [1.807, 2.05) is 39.0 Å². The predicted molar refractivity (Wildman–Crippen MR) is 151 cm³/mol. The van der Waals surface area contributed by atoms with E-state index in [-0.39, 0.29) is 37.4 Å². The molecule has 0 spiro atoms. The molecule has 0 bridgehead atoms. The van der Waals surface area contributed by atoms with E-state index in [0.29, 0.717) is 64.5 Å². The zero-order valence-corrected chi connectivity index (χ0v) is 24.8. The summed E-state index contributed by atoms with van der Waals surface area (Å²) in [7, 11) is 0. The molecule has 1 atom stereocenters. The number of ether oxygens (including phenoxy) is 1. The number of nitrogens with zero attached hydrogens (tertiary/aromatic N) is 2. The van der Waals surface area contributed by atoms with Crippen LogP contribution in [0.15, 0.2) is 36.4 Å². The largest absolute Gasteiger partial charge is 0.416 e. The zero-order chi connectivity index (χ0) is 28.8. The molecule has 1 aliphatic heterocycles. The molecule has 5 nitrogen and oxygen atoms in total. The first-order chi connectivity index (χ1) is 18.3. The van der Waals surface area contributed by atoms with E-state index in [1.54, 1.807) is 0 Å². The van der Waals surface area contributed by atoms with Crippen molar-refractivity contribution < 1.29 is 35.9 Å². The number of halogens is 8. The highest BCUT2D eigenvalue weighted by Gasteiger charge is 2.39. The Morgan fingerprint density at radius 1 is 0.927 bits per heavy atom. The van der Waals surface area contributed by atoms with Gasteiger partial charge in [-0.15, -0.1) is 24.8 Å². The van der Waals surface area contributed by atoms with Crippen molar-refractivity contribution in [3.63, 3.8) is 0 Å². The summed E-state index contributed by atoms with van der Waals surface area (Å²) in [6.07, 6.45) is -9.63. The van der Waals surface area contributed by atoms with Crippen molar-refractivity contribution >= 4 is 30.7 Å². The fourth-order valence-corrected chi connectivity index (χ4v) is 4.66. The maximum Gasteiger partial charge on any atom is 0.416 e. The third-order valence-electron chi connectivity index (χ3n) is 6.94. The van der Waals surface area contributed by atoms with Crippen LogP contribution in [0, 0.1) is 13.8 Å². The fourth-order valence-electron chi connectivity index (χ4n) is 4.66. The molecule has 0 aromatic heterocycles. The quantitative estimate of drug-likeness (QED) is 0.251. The van der Waals surface area contributed by atoms with Crippen molar-refractivity contribution in [2.24, 2.45) is 0 Å². The van der Waals surface area contributed by atoms with Gasteiger partial charge in [-0.3, -0.25) is 9.69 Å². The number of nitrogens with one attached hydrogen (secondary N) is 1. The van der Waals surface area contributed by atoms with Crippen LogP contribution in [0.4, 0.5) is 26.3 Å².